The number of allylic oxidation sites excluding steroid dienone is 1. The Hall–Kier alpha value is -0.120. The van der Waals surface area contributed by atoms with E-state index in [-0.39, 0.29) is 0 Å². The molecule has 1 unspecified atom stereocenters. The Balaban J connectivity index is 2.18. The second-order valence-electron chi connectivity index (χ2n) is 5.25. The summed E-state index contributed by atoms with van der Waals surface area (Å²) in [5.41, 5.74) is 1.61. The summed E-state index contributed by atoms with van der Waals surface area (Å²) in [4.78, 5) is 1.44. The molecule has 2 rings (SSSR count). The van der Waals surface area contributed by atoms with E-state index in [1.165, 1.54) is 54.3 Å². The summed E-state index contributed by atoms with van der Waals surface area (Å²) >= 11 is 5.57. The van der Waals surface area contributed by atoms with Gasteiger partial charge in [-0.05, 0) is 66.0 Å². The highest BCUT2D eigenvalue weighted by atomic mass is 79.9. The lowest BCUT2D eigenvalue weighted by Crippen LogP contribution is -2.24. The lowest BCUT2D eigenvalue weighted by atomic mass is 9.94. The SMILES string of the molecule is CCCNC(/C1=C/CCCCCC1)c1sccc1Br. The van der Waals surface area contributed by atoms with Crippen LogP contribution in [0.4, 0.5) is 0 Å². The van der Waals surface area contributed by atoms with Crippen LogP contribution in [0.5, 0.6) is 0 Å². The Morgan fingerprint density at radius 3 is 2.89 bits per heavy atom. The van der Waals surface area contributed by atoms with E-state index in [4.69, 9.17) is 0 Å². The molecule has 0 aromatic carbocycles. The van der Waals surface area contributed by atoms with Gasteiger partial charge < -0.3 is 5.32 Å². The molecule has 1 aliphatic carbocycles. The Morgan fingerprint density at radius 2 is 2.16 bits per heavy atom. The molecule has 1 aromatic rings. The van der Waals surface area contributed by atoms with Gasteiger partial charge in [0, 0.05) is 9.35 Å². The molecular formula is C16H24BrNS. The van der Waals surface area contributed by atoms with Crippen LogP contribution in [-0.4, -0.2) is 6.54 Å². The molecule has 3 heteroatoms. The molecule has 1 heterocycles. The zero-order valence-electron chi connectivity index (χ0n) is 11.8. The second-order valence-corrected chi connectivity index (χ2v) is 7.05. The molecule has 0 aliphatic heterocycles. The van der Waals surface area contributed by atoms with Gasteiger partial charge in [0.25, 0.3) is 0 Å². The first-order valence-electron chi connectivity index (χ1n) is 7.48. The molecule has 19 heavy (non-hydrogen) atoms. The predicted octanol–water partition coefficient (Wildman–Crippen LogP) is 5.83. The van der Waals surface area contributed by atoms with E-state index in [0.717, 1.165) is 6.54 Å². The number of thiophene rings is 1. The van der Waals surface area contributed by atoms with Crippen molar-refractivity contribution in [1.29, 1.82) is 0 Å². The van der Waals surface area contributed by atoms with Gasteiger partial charge in [-0.25, -0.2) is 0 Å². The molecule has 0 radical (unpaired) electrons. The van der Waals surface area contributed by atoms with Crippen LogP contribution >= 0.6 is 27.3 Å². The van der Waals surface area contributed by atoms with E-state index < -0.39 is 0 Å². The minimum absolute atomic E-state index is 0.424. The maximum atomic E-state index is 3.74. The van der Waals surface area contributed by atoms with E-state index in [9.17, 15) is 0 Å². The van der Waals surface area contributed by atoms with Gasteiger partial charge in [0.15, 0.2) is 0 Å². The fourth-order valence-corrected chi connectivity index (χ4v) is 4.39. The normalized spacial score (nSPS) is 21.3. The smallest absolute Gasteiger partial charge is 0.0641 e. The standard InChI is InChI=1S/C16H24BrNS/c1-2-11-18-15(16-14(17)10-12-19-16)13-8-6-4-3-5-7-9-13/h8,10,12,15,18H,2-7,9,11H2,1H3/b13-8+. The van der Waals surface area contributed by atoms with Crippen LogP contribution in [0.15, 0.2) is 27.6 Å². The average Bonchev–Trinajstić information content (AvgIpc) is 2.78. The van der Waals surface area contributed by atoms with E-state index >= 15 is 0 Å². The Morgan fingerprint density at radius 1 is 1.32 bits per heavy atom. The number of rotatable bonds is 5. The average molecular weight is 342 g/mol. The van der Waals surface area contributed by atoms with Crippen LogP contribution < -0.4 is 5.32 Å². The summed E-state index contributed by atoms with van der Waals surface area (Å²) in [5.74, 6) is 0. The largest absolute Gasteiger partial charge is 0.306 e. The van der Waals surface area contributed by atoms with Gasteiger partial charge in [-0.15, -0.1) is 11.3 Å². The van der Waals surface area contributed by atoms with E-state index in [2.05, 4.69) is 45.7 Å². The molecule has 0 saturated heterocycles. The molecule has 0 saturated carbocycles. The van der Waals surface area contributed by atoms with Crippen molar-refractivity contribution in [2.75, 3.05) is 6.54 Å². The maximum absolute atomic E-state index is 3.74. The predicted molar refractivity (Wildman–Crippen MR) is 88.8 cm³/mol. The molecular weight excluding hydrogens is 318 g/mol. The molecule has 1 aromatic heterocycles. The minimum Gasteiger partial charge on any atom is -0.306 e. The van der Waals surface area contributed by atoms with Gasteiger partial charge in [0.2, 0.25) is 0 Å². The van der Waals surface area contributed by atoms with E-state index in [1.807, 2.05) is 11.3 Å². The summed E-state index contributed by atoms with van der Waals surface area (Å²) in [7, 11) is 0. The molecule has 1 aliphatic rings. The summed E-state index contributed by atoms with van der Waals surface area (Å²) in [5, 5.41) is 5.93. The first kappa shape index (κ1) is 15.3. The molecule has 0 bridgehead atoms. The molecule has 1 N–H and O–H groups in total. The Labute approximate surface area is 129 Å². The van der Waals surface area contributed by atoms with Crippen LogP contribution in [0.3, 0.4) is 0 Å². The van der Waals surface area contributed by atoms with Crippen LogP contribution in [-0.2, 0) is 0 Å². The van der Waals surface area contributed by atoms with Gasteiger partial charge in [-0.3, -0.25) is 0 Å². The number of hydrogen-bond donors (Lipinski definition) is 1. The number of hydrogen-bond acceptors (Lipinski definition) is 2. The van der Waals surface area contributed by atoms with Crippen molar-refractivity contribution in [3.63, 3.8) is 0 Å². The van der Waals surface area contributed by atoms with Gasteiger partial charge in [-0.2, -0.15) is 0 Å². The highest BCUT2D eigenvalue weighted by molar-refractivity contribution is 9.10. The molecule has 1 nitrogen and oxygen atoms in total. The van der Waals surface area contributed by atoms with E-state index in [0.29, 0.717) is 6.04 Å². The van der Waals surface area contributed by atoms with E-state index in [1.54, 1.807) is 5.57 Å². The second kappa shape index (κ2) is 8.23. The van der Waals surface area contributed by atoms with Crippen molar-refractivity contribution in [3.8, 4) is 0 Å². The van der Waals surface area contributed by atoms with Gasteiger partial charge >= 0.3 is 0 Å². The van der Waals surface area contributed by atoms with Crippen molar-refractivity contribution < 1.29 is 0 Å². The minimum atomic E-state index is 0.424. The molecule has 0 spiro atoms. The Kier molecular flexibility index (Phi) is 6.62. The summed E-state index contributed by atoms with van der Waals surface area (Å²) in [6, 6.07) is 2.59. The van der Waals surface area contributed by atoms with Gasteiger partial charge in [0.05, 0.1) is 6.04 Å². The first-order chi connectivity index (χ1) is 9.33. The zero-order chi connectivity index (χ0) is 13.5. The van der Waals surface area contributed by atoms with Gasteiger partial charge in [-0.1, -0.05) is 31.4 Å². The van der Waals surface area contributed by atoms with Crippen LogP contribution in [0.25, 0.3) is 0 Å². The van der Waals surface area contributed by atoms with Crippen molar-refractivity contribution in [1.82, 2.24) is 5.32 Å². The first-order valence-corrected chi connectivity index (χ1v) is 9.15. The third kappa shape index (κ3) is 4.44. The highest BCUT2D eigenvalue weighted by Crippen LogP contribution is 2.36. The summed E-state index contributed by atoms with van der Waals surface area (Å²) < 4.78 is 1.26. The Bertz CT molecular complexity index is 411. The molecule has 1 atom stereocenters. The fraction of sp³-hybridized carbons (Fsp3) is 0.625. The van der Waals surface area contributed by atoms with Crippen molar-refractivity contribution in [3.05, 3.63) is 32.4 Å². The number of halogens is 1. The molecule has 0 amide bonds. The number of nitrogens with one attached hydrogen (secondary N) is 1. The maximum Gasteiger partial charge on any atom is 0.0641 e. The quantitative estimate of drug-likeness (QED) is 0.664. The lowest BCUT2D eigenvalue weighted by molar-refractivity contribution is 0.544. The summed E-state index contributed by atoms with van der Waals surface area (Å²) in [6.45, 7) is 3.33. The zero-order valence-corrected chi connectivity index (χ0v) is 14.2. The van der Waals surface area contributed by atoms with Gasteiger partial charge in [0.1, 0.15) is 0 Å². The highest BCUT2D eigenvalue weighted by Gasteiger charge is 2.19. The fourth-order valence-electron chi connectivity index (χ4n) is 2.67. The van der Waals surface area contributed by atoms with Crippen LogP contribution in [0.1, 0.15) is 62.8 Å². The monoisotopic (exact) mass is 341 g/mol. The molecule has 106 valence electrons. The van der Waals surface area contributed by atoms with Crippen molar-refractivity contribution >= 4 is 27.3 Å². The van der Waals surface area contributed by atoms with Crippen LogP contribution in [0.2, 0.25) is 0 Å². The van der Waals surface area contributed by atoms with Crippen LogP contribution in [0, 0.1) is 0 Å². The van der Waals surface area contributed by atoms with Crippen molar-refractivity contribution in [2.45, 2.75) is 57.9 Å². The topological polar surface area (TPSA) is 12.0 Å². The molecule has 0 fully saturated rings. The lowest BCUT2D eigenvalue weighted by Gasteiger charge is -2.23. The third-order valence-electron chi connectivity index (χ3n) is 3.70. The summed E-state index contributed by atoms with van der Waals surface area (Å²) in [6.07, 6.45) is 11.7. The third-order valence-corrected chi connectivity index (χ3v) is 5.64. The van der Waals surface area contributed by atoms with Crippen molar-refractivity contribution in [2.24, 2.45) is 0 Å².